The summed E-state index contributed by atoms with van der Waals surface area (Å²) in [6.07, 6.45) is 0. The topological polar surface area (TPSA) is 128 Å². The van der Waals surface area contributed by atoms with Crippen molar-refractivity contribution in [1.82, 2.24) is 25.0 Å². The fraction of sp³-hybridized carbons (Fsp3) is 0. The lowest BCUT2D eigenvalue weighted by Gasteiger charge is -1.98. The second-order valence-electron chi connectivity index (χ2n) is 3.70. The van der Waals surface area contributed by atoms with Crippen molar-refractivity contribution < 1.29 is 0 Å². The van der Waals surface area contributed by atoms with E-state index < -0.39 is 5.56 Å². The van der Waals surface area contributed by atoms with Gasteiger partial charge in [-0.05, 0) is 24.3 Å². The van der Waals surface area contributed by atoms with Crippen LogP contribution in [-0.4, -0.2) is 25.0 Å². The van der Waals surface area contributed by atoms with E-state index in [1.165, 1.54) is 4.80 Å². The SMILES string of the molecule is Nc1ccc(-n2nc3nc(N)[nH]c(=O)c3n2)cc1. The molecule has 0 atom stereocenters. The second-order valence-corrected chi connectivity index (χ2v) is 3.70. The van der Waals surface area contributed by atoms with Crippen LogP contribution in [0.5, 0.6) is 0 Å². The third-order valence-corrected chi connectivity index (χ3v) is 2.40. The van der Waals surface area contributed by atoms with E-state index in [0.29, 0.717) is 11.4 Å². The molecule has 0 radical (unpaired) electrons. The molecule has 0 bridgehead atoms. The number of nitrogens with two attached hydrogens (primary N) is 2. The summed E-state index contributed by atoms with van der Waals surface area (Å²) in [5.74, 6) is 0.0110. The molecule has 90 valence electrons. The molecule has 3 rings (SSSR count). The Morgan fingerprint density at radius 2 is 1.83 bits per heavy atom. The first-order chi connectivity index (χ1) is 8.63. The molecule has 0 aliphatic carbocycles. The average molecular weight is 243 g/mol. The van der Waals surface area contributed by atoms with Crippen molar-refractivity contribution in [3.8, 4) is 5.69 Å². The number of H-pyrrole nitrogens is 1. The molecule has 0 spiro atoms. The van der Waals surface area contributed by atoms with Crippen molar-refractivity contribution in [3.63, 3.8) is 0 Å². The first-order valence-corrected chi connectivity index (χ1v) is 5.12. The van der Waals surface area contributed by atoms with E-state index in [2.05, 4.69) is 20.2 Å². The van der Waals surface area contributed by atoms with Crippen molar-refractivity contribution >= 4 is 22.8 Å². The van der Waals surface area contributed by atoms with Crippen LogP contribution in [0.2, 0.25) is 0 Å². The predicted molar refractivity (Wildman–Crippen MR) is 66.1 cm³/mol. The van der Waals surface area contributed by atoms with Gasteiger partial charge in [-0.3, -0.25) is 9.78 Å². The molecular weight excluding hydrogens is 234 g/mol. The van der Waals surface area contributed by atoms with Gasteiger partial charge in [0.05, 0.1) is 5.69 Å². The fourth-order valence-corrected chi connectivity index (χ4v) is 1.56. The lowest BCUT2D eigenvalue weighted by molar-refractivity contribution is 0.763. The van der Waals surface area contributed by atoms with Gasteiger partial charge >= 0.3 is 0 Å². The molecule has 0 aliphatic heterocycles. The van der Waals surface area contributed by atoms with Crippen LogP contribution < -0.4 is 17.0 Å². The standard InChI is InChI=1S/C10H9N7O/c11-5-1-3-6(4-2-5)17-15-7-8(16-17)13-10(12)14-9(7)18/h1-4H,11H2,(H3,12,13,14,16,18). The lowest BCUT2D eigenvalue weighted by Crippen LogP contribution is -2.11. The highest BCUT2D eigenvalue weighted by Gasteiger charge is 2.10. The largest absolute Gasteiger partial charge is 0.399 e. The minimum absolute atomic E-state index is 0.0110. The highest BCUT2D eigenvalue weighted by atomic mass is 16.1. The van der Waals surface area contributed by atoms with E-state index in [-0.39, 0.29) is 17.1 Å². The van der Waals surface area contributed by atoms with Crippen LogP contribution in [0, 0.1) is 0 Å². The summed E-state index contributed by atoms with van der Waals surface area (Å²) >= 11 is 0. The number of anilines is 2. The summed E-state index contributed by atoms with van der Waals surface area (Å²) < 4.78 is 0. The lowest BCUT2D eigenvalue weighted by atomic mass is 10.3. The van der Waals surface area contributed by atoms with Crippen LogP contribution in [0.1, 0.15) is 0 Å². The van der Waals surface area contributed by atoms with Crippen molar-refractivity contribution in [2.45, 2.75) is 0 Å². The van der Waals surface area contributed by atoms with Crippen LogP contribution in [0.25, 0.3) is 16.9 Å². The molecule has 1 aromatic carbocycles. The molecule has 2 heterocycles. The van der Waals surface area contributed by atoms with E-state index in [1.54, 1.807) is 24.3 Å². The average Bonchev–Trinajstić information content (AvgIpc) is 2.74. The number of rotatable bonds is 1. The van der Waals surface area contributed by atoms with Gasteiger partial charge in [-0.1, -0.05) is 0 Å². The van der Waals surface area contributed by atoms with Gasteiger partial charge in [-0.25, -0.2) is 0 Å². The van der Waals surface area contributed by atoms with Crippen molar-refractivity contribution in [1.29, 1.82) is 0 Å². The number of hydrogen-bond acceptors (Lipinski definition) is 6. The Labute approximate surface area is 100 Å². The smallest absolute Gasteiger partial charge is 0.282 e. The zero-order valence-corrected chi connectivity index (χ0v) is 9.16. The Hall–Kier alpha value is -2.90. The third kappa shape index (κ3) is 1.56. The molecule has 0 saturated carbocycles. The minimum atomic E-state index is -0.417. The molecule has 8 nitrogen and oxygen atoms in total. The molecule has 3 aromatic rings. The molecule has 0 unspecified atom stereocenters. The predicted octanol–water partition coefficient (Wildman–Crippen LogP) is -0.332. The van der Waals surface area contributed by atoms with Gasteiger partial charge in [0, 0.05) is 5.69 Å². The van der Waals surface area contributed by atoms with Gasteiger partial charge in [-0.15, -0.1) is 15.0 Å². The van der Waals surface area contributed by atoms with E-state index in [4.69, 9.17) is 11.5 Å². The van der Waals surface area contributed by atoms with E-state index in [0.717, 1.165) is 0 Å². The molecule has 0 amide bonds. The molecule has 0 aliphatic rings. The number of aromatic nitrogens is 5. The number of fused-ring (bicyclic) bond motifs is 1. The number of nitrogen functional groups attached to an aromatic ring is 2. The van der Waals surface area contributed by atoms with Crippen LogP contribution in [0.3, 0.4) is 0 Å². The first-order valence-electron chi connectivity index (χ1n) is 5.12. The van der Waals surface area contributed by atoms with E-state index in [1.807, 2.05) is 0 Å². The van der Waals surface area contributed by atoms with Crippen molar-refractivity contribution in [2.24, 2.45) is 0 Å². The van der Waals surface area contributed by atoms with Crippen LogP contribution in [0.15, 0.2) is 29.1 Å². The van der Waals surface area contributed by atoms with Gasteiger partial charge in [-0.2, -0.15) is 4.98 Å². The number of nitrogens with one attached hydrogen (secondary N) is 1. The Bertz CT molecular complexity index is 771. The van der Waals surface area contributed by atoms with Gasteiger partial charge in [0.15, 0.2) is 5.52 Å². The molecule has 0 fully saturated rings. The van der Waals surface area contributed by atoms with Crippen molar-refractivity contribution in [2.75, 3.05) is 11.5 Å². The summed E-state index contributed by atoms with van der Waals surface area (Å²) in [5.41, 5.74) is 12.3. The first kappa shape index (κ1) is 10.3. The summed E-state index contributed by atoms with van der Waals surface area (Å²) in [5, 5.41) is 8.14. The van der Waals surface area contributed by atoms with Gasteiger partial charge in [0.1, 0.15) is 0 Å². The maximum absolute atomic E-state index is 11.6. The maximum Gasteiger partial charge on any atom is 0.282 e. The maximum atomic E-state index is 11.6. The van der Waals surface area contributed by atoms with Crippen LogP contribution in [-0.2, 0) is 0 Å². The van der Waals surface area contributed by atoms with Crippen molar-refractivity contribution in [3.05, 3.63) is 34.6 Å². The number of benzene rings is 1. The van der Waals surface area contributed by atoms with Gasteiger partial charge in [0.2, 0.25) is 11.6 Å². The Morgan fingerprint density at radius 1 is 1.11 bits per heavy atom. The Morgan fingerprint density at radius 3 is 2.56 bits per heavy atom. The van der Waals surface area contributed by atoms with E-state index >= 15 is 0 Å². The van der Waals surface area contributed by atoms with Crippen LogP contribution >= 0.6 is 0 Å². The second kappa shape index (κ2) is 3.55. The summed E-state index contributed by atoms with van der Waals surface area (Å²) in [7, 11) is 0. The number of nitrogens with zero attached hydrogens (tertiary/aromatic N) is 4. The molecule has 5 N–H and O–H groups in total. The summed E-state index contributed by atoms with van der Waals surface area (Å²) in [6.45, 7) is 0. The summed E-state index contributed by atoms with van der Waals surface area (Å²) in [6, 6.07) is 6.92. The monoisotopic (exact) mass is 243 g/mol. The van der Waals surface area contributed by atoms with Crippen LogP contribution in [0.4, 0.5) is 11.6 Å². The Balaban J connectivity index is 2.22. The molecule has 0 saturated heterocycles. The molecule has 2 aromatic heterocycles. The quantitative estimate of drug-likeness (QED) is 0.502. The zero-order valence-electron chi connectivity index (χ0n) is 9.16. The molecule has 8 heteroatoms. The number of aromatic amines is 1. The number of hydrogen-bond donors (Lipinski definition) is 3. The highest BCUT2D eigenvalue weighted by molar-refractivity contribution is 5.69. The highest BCUT2D eigenvalue weighted by Crippen LogP contribution is 2.10. The van der Waals surface area contributed by atoms with E-state index in [9.17, 15) is 4.79 Å². The zero-order chi connectivity index (χ0) is 12.7. The van der Waals surface area contributed by atoms with Gasteiger partial charge < -0.3 is 11.5 Å². The van der Waals surface area contributed by atoms with Gasteiger partial charge in [0.25, 0.3) is 5.56 Å². The summed E-state index contributed by atoms with van der Waals surface area (Å²) in [4.78, 5) is 19.2. The Kier molecular flexibility index (Phi) is 2.03. The molecular formula is C10H9N7O. The molecule has 18 heavy (non-hydrogen) atoms. The fourth-order valence-electron chi connectivity index (χ4n) is 1.56. The minimum Gasteiger partial charge on any atom is -0.399 e. The normalized spacial score (nSPS) is 10.9. The third-order valence-electron chi connectivity index (χ3n) is 2.40.